The molecule has 6 rings (SSSR count). The first-order valence-corrected chi connectivity index (χ1v) is 22.0. The lowest BCUT2D eigenvalue weighted by atomic mass is 9.25. The molecule has 0 aromatic rings. The maximum Gasteiger partial charge on any atom is 0.00354 e. The van der Waals surface area contributed by atoms with E-state index in [1.54, 1.807) is 16.7 Å². The third-order valence-corrected chi connectivity index (χ3v) is 18.6. The van der Waals surface area contributed by atoms with Crippen molar-refractivity contribution < 1.29 is 0 Å². The van der Waals surface area contributed by atoms with Crippen LogP contribution in [0.1, 0.15) is 173 Å². The molecule has 0 aromatic carbocycles. The Labute approximate surface area is 306 Å². The van der Waals surface area contributed by atoms with Crippen LogP contribution >= 0.6 is 0 Å². The maximum atomic E-state index is 5.38. The number of fused-ring (bicyclic) bond motifs is 3. The molecule has 6 fully saturated rings. The first-order chi connectivity index (χ1) is 22.9. The minimum absolute atomic E-state index is 0.0636. The average molecular weight is 671 g/mol. The molecule has 6 saturated carbocycles. The van der Waals surface area contributed by atoms with Crippen molar-refractivity contribution in [1.82, 2.24) is 0 Å². The van der Waals surface area contributed by atoms with Gasteiger partial charge < -0.3 is 0 Å². The standard InChI is InChI=1S/C49H82/c1-16-49-35(9)43(46(11,12)13)34(8)42(29(2)3)48(49,15)45(32(6)31(5)38-25-19-20-26-38)47(14)40(28-37-23-17-18-24-37)39-27-21-22-30(4)41(39)33(7)44(47)36(49)10/h30-32,34,36-41,43-45H,7,9,16-28H2,1-6,8,10-15H3. The topological polar surface area (TPSA) is 0 Å². The van der Waals surface area contributed by atoms with Crippen LogP contribution in [-0.4, -0.2) is 0 Å². The molecule has 14 atom stereocenters. The number of hydrogen-bond acceptors (Lipinski definition) is 0. The second kappa shape index (κ2) is 13.3. The van der Waals surface area contributed by atoms with E-state index in [4.69, 9.17) is 13.2 Å². The largest absolute Gasteiger partial charge is 0.0992 e. The summed E-state index contributed by atoms with van der Waals surface area (Å²) in [5, 5.41) is 0. The van der Waals surface area contributed by atoms with Crippen LogP contribution in [0.5, 0.6) is 0 Å². The quantitative estimate of drug-likeness (QED) is 0.247. The zero-order valence-corrected chi connectivity index (χ0v) is 35.1. The minimum Gasteiger partial charge on any atom is -0.0992 e. The van der Waals surface area contributed by atoms with Crippen LogP contribution < -0.4 is 0 Å². The second-order valence-corrected chi connectivity index (χ2v) is 21.6. The monoisotopic (exact) mass is 671 g/mol. The highest BCUT2D eigenvalue weighted by Crippen LogP contribution is 2.82. The van der Waals surface area contributed by atoms with Gasteiger partial charge in [0.15, 0.2) is 0 Å². The number of allylic oxidation sites excluding steroid dienone is 4. The fraction of sp³-hybridized carbons (Fsp3) is 0.878. The summed E-state index contributed by atoms with van der Waals surface area (Å²) in [6.07, 6.45) is 18.7. The van der Waals surface area contributed by atoms with Gasteiger partial charge in [-0.05, 0) is 121 Å². The molecule has 0 bridgehead atoms. The molecule has 0 aromatic heterocycles. The zero-order valence-electron chi connectivity index (χ0n) is 35.1. The van der Waals surface area contributed by atoms with Gasteiger partial charge in [0.1, 0.15) is 0 Å². The molecule has 0 aliphatic heterocycles. The van der Waals surface area contributed by atoms with E-state index in [9.17, 15) is 0 Å². The van der Waals surface area contributed by atoms with E-state index in [1.165, 1.54) is 83.5 Å². The van der Waals surface area contributed by atoms with Gasteiger partial charge >= 0.3 is 0 Å². The van der Waals surface area contributed by atoms with Crippen molar-refractivity contribution in [1.29, 1.82) is 0 Å². The van der Waals surface area contributed by atoms with Gasteiger partial charge in [0, 0.05) is 10.8 Å². The molecule has 278 valence electrons. The fourth-order valence-corrected chi connectivity index (χ4v) is 17.5. The zero-order chi connectivity index (χ0) is 36.0. The molecule has 0 nitrogen and oxygen atoms in total. The molecule has 0 amide bonds. The maximum absolute atomic E-state index is 5.38. The Bertz CT molecular complexity index is 1270. The summed E-state index contributed by atoms with van der Waals surface area (Å²) >= 11 is 0. The predicted molar refractivity (Wildman–Crippen MR) is 214 cm³/mol. The van der Waals surface area contributed by atoms with Gasteiger partial charge in [-0.2, -0.15) is 0 Å². The van der Waals surface area contributed by atoms with Crippen molar-refractivity contribution in [2.45, 2.75) is 173 Å². The third kappa shape index (κ3) is 5.28. The molecule has 49 heavy (non-hydrogen) atoms. The van der Waals surface area contributed by atoms with E-state index in [1.807, 2.05) is 5.57 Å². The van der Waals surface area contributed by atoms with E-state index in [2.05, 4.69) is 90.0 Å². The van der Waals surface area contributed by atoms with Crippen LogP contribution in [0.2, 0.25) is 0 Å². The highest BCUT2D eigenvalue weighted by atomic mass is 14.8. The number of rotatable bonds is 6. The van der Waals surface area contributed by atoms with Gasteiger partial charge in [0.25, 0.3) is 0 Å². The highest BCUT2D eigenvalue weighted by molar-refractivity contribution is 5.46. The molecular weight excluding hydrogens is 589 g/mol. The molecule has 0 heterocycles. The van der Waals surface area contributed by atoms with Crippen LogP contribution in [0.4, 0.5) is 0 Å². The lowest BCUT2D eigenvalue weighted by Gasteiger charge is -2.78. The van der Waals surface area contributed by atoms with Gasteiger partial charge in [0.2, 0.25) is 0 Å². The summed E-state index contributed by atoms with van der Waals surface area (Å²) in [5.41, 5.74) is 7.37. The van der Waals surface area contributed by atoms with E-state index >= 15 is 0 Å². The molecule has 6 aliphatic rings. The normalized spacial score (nSPS) is 46.3. The molecular formula is C49H82. The van der Waals surface area contributed by atoms with Crippen molar-refractivity contribution in [3.8, 4) is 0 Å². The SMILES string of the molecule is C=C1C2C(C)CCCC2C(CC2CCCC2)C2(C)C1C(C)C1(CC)C(=C)C(C(C)(C)C)C(C)C(=C(C)C)C1(C)C2C(C)C(C)C1CCCC1. The highest BCUT2D eigenvalue weighted by Gasteiger charge is 2.76. The summed E-state index contributed by atoms with van der Waals surface area (Å²) in [5.74, 6) is 9.13. The summed E-state index contributed by atoms with van der Waals surface area (Å²) in [6, 6.07) is 0. The molecule has 6 aliphatic carbocycles. The van der Waals surface area contributed by atoms with Gasteiger partial charge in [-0.1, -0.05) is 176 Å². The molecule has 0 spiro atoms. The van der Waals surface area contributed by atoms with Gasteiger partial charge in [-0.3, -0.25) is 0 Å². The first kappa shape index (κ1) is 38.0. The summed E-state index contributed by atoms with van der Waals surface area (Å²) < 4.78 is 0. The van der Waals surface area contributed by atoms with Gasteiger partial charge in [-0.25, -0.2) is 0 Å². The van der Waals surface area contributed by atoms with Gasteiger partial charge in [-0.15, -0.1) is 0 Å². The fourth-order valence-electron chi connectivity index (χ4n) is 17.5. The van der Waals surface area contributed by atoms with Crippen molar-refractivity contribution in [2.24, 2.45) is 98.6 Å². The molecule has 14 unspecified atom stereocenters. The Kier molecular flexibility index (Phi) is 10.3. The number of hydrogen-bond donors (Lipinski definition) is 0. The van der Waals surface area contributed by atoms with Crippen LogP contribution in [0, 0.1) is 98.6 Å². The summed E-state index contributed by atoms with van der Waals surface area (Å²) in [4.78, 5) is 0. The minimum atomic E-state index is 0.0636. The molecule has 0 N–H and O–H groups in total. The summed E-state index contributed by atoms with van der Waals surface area (Å²) in [7, 11) is 0. The Hall–Kier alpha value is -0.780. The summed E-state index contributed by atoms with van der Waals surface area (Å²) in [6.45, 7) is 45.3. The van der Waals surface area contributed by atoms with Crippen LogP contribution in [-0.2, 0) is 0 Å². The Morgan fingerprint density at radius 3 is 1.98 bits per heavy atom. The van der Waals surface area contributed by atoms with Crippen molar-refractivity contribution in [3.05, 3.63) is 35.5 Å². The predicted octanol–water partition coefficient (Wildman–Crippen LogP) is 14.8. The molecule has 0 saturated heterocycles. The average Bonchev–Trinajstić information content (AvgIpc) is 3.73. The lowest BCUT2D eigenvalue weighted by Crippen LogP contribution is -2.73. The Morgan fingerprint density at radius 2 is 1.43 bits per heavy atom. The van der Waals surface area contributed by atoms with Crippen molar-refractivity contribution >= 4 is 0 Å². The van der Waals surface area contributed by atoms with Crippen LogP contribution in [0.15, 0.2) is 35.5 Å². The first-order valence-electron chi connectivity index (χ1n) is 22.0. The lowest BCUT2D eigenvalue weighted by molar-refractivity contribution is -0.238. The van der Waals surface area contributed by atoms with E-state index in [0.717, 1.165) is 35.5 Å². The smallest absolute Gasteiger partial charge is 0.00354 e. The van der Waals surface area contributed by atoms with E-state index in [-0.39, 0.29) is 21.7 Å². The van der Waals surface area contributed by atoms with E-state index in [0.29, 0.717) is 41.4 Å². The van der Waals surface area contributed by atoms with Crippen molar-refractivity contribution in [2.75, 3.05) is 0 Å². The van der Waals surface area contributed by atoms with Crippen molar-refractivity contribution in [3.63, 3.8) is 0 Å². The van der Waals surface area contributed by atoms with E-state index < -0.39 is 0 Å². The van der Waals surface area contributed by atoms with Gasteiger partial charge in [0.05, 0.1) is 0 Å². The van der Waals surface area contributed by atoms with Crippen LogP contribution in [0.3, 0.4) is 0 Å². The Morgan fingerprint density at radius 1 is 0.837 bits per heavy atom. The second-order valence-electron chi connectivity index (χ2n) is 21.6. The Balaban J connectivity index is 1.69. The third-order valence-electron chi connectivity index (χ3n) is 18.6. The molecule has 0 radical (unpaired) electrons. The van der Waals surface area contributed by atoms with Crippen LogP contribution in [0.25, 0.3) is 0 Å². The molecule has 0 heteroatoms.